The molecule has 0 atom stereocenters. The lowest BCUT2D eigenvalue weighted by Crippen LogP contribution is -2.50. The lowest BCUT2D eigenvalue weighted by molar-refractivity contribution is -0.137. The van der Waals surface area contributed by atoms with Crippen LogP contribution in [0.1, 0.15) is 5.56 Å². The van der Waals surface area contributed by atoms with Crippen LogP contribution in [-0.2, 0) is 17.5 Å². The maximum absolute atomic E-state index is 12.8. The zero-order valence-corrected chi connectivity index (χ0v) is 13.9. The molecule has 1 saturated heterocycles. The van der Waals surface area contributed by atoms with Crippen LogP contribution in [0.25, 0.3) is 0 Å². The van der Waals surface area contributed by atoms with Gasteiger partial charge in [0.1, 0.15) is 6.54 Å². The molecule has 1 aliphatic rings. The number of nitrogens with zero attached hydrogens (tertiary/aromatic N) is 3. The Hall–Kier alpha value is -2.77. The van der Waals surface area contributed by atoms with Crippen LogP contribution in [0.2, 0.25) is 0 Å². The second kappa shape index (κ2) is 7.23. The minimum atomic E-state index is -4.38. The number of hydrogen-bond acceptors (Lipinski definition) is 3. The number of rotatable bonds is 3. The summed E-state index contributed by atoms with van der Waals surface area (Å²) in [5, 5.41) is 0. The van der Waals surface area contributed by atoms with E-state index in [2.05, 4.69) is 0 Å². The summed E-state index contributed by atoms with van der Waals surface area (Å²) in [7, 11) is 0. The molecule has 0 spiro atoms. The molecule has 0 aliphatic carbocycles. The molecule has 1 aromatic carbocycles. The first-order valence-corrected chi connectivity index (χ1v) is 8.20. The Morgan fingerprint density at radius 1 is 1.00 bits per heavy atom. The Kier molecular flexibility index (Phi) is 5.01. The van der Waals surface area contributed by atoms with Crippen LogP contribution in [-0.4, -0.2) is 41.6 Å². The van der Waals surface area contributed by atoms with E-state index in [4.69, 9.17) is 0 Å². The highest BCUT2D eigenvalue weighted by molar-refractivity contribution is 5.76. The number of carbonyl (C=O) groups excluding carboxylic acids is 1. The summed E-state index contributed by atoms with van der Waals surface area (Å²) in [6.07, 6.45) is -2.82. The van der Waals surface area contributed by atoms with Gasteiger partial charge in [0.25, 0.3) is 5.56 Å². The molecule has 1 aliphatic heterocycles. The molecule has 0 saturated carbocycles. The number of piperazine rings is 1. The van der Waals surface area contributed by atoms with Gasteiger partial charge in [0, 0.05) is 44.1 Å². The van der Waals surface area contributed by atoms with Gasteiger partial charge in [-0.15, -0.1) is 0 Å². The van der Waals surface area contributed by atoms with Crippen molar-refractivity contribution in [2.24, 2.45) is 0 Å². The quantitative estimate of drug-likeness (QED) is 0.838. The summed E-state index contributed by atoms with van der Waals surface area (Å²) < 4.78 is 39.9. The van der Waals surface area contributed by atoms with Crippen LogP contribution in [0.5, 0.6) is 0 Å². The fourth-order valence-corrected chi connectivity index (χ4v) is 2.93. The monoisotopic (exact) mass is 365 g/mol. The van der Waals surface area contributed by atoms with E-state index in [1.165, 1.54) is 16.7 Å². The molecule has 26 heavy (non-hydrogen) atoms. The molecule has 1 fully saturated rings. The van der Waals surface area contributed by atoms with Gasteiger partial charge in [-0.05, 0) is 24.3 Å². The molecule has 5 nitrogen and oxygen atoms in total. The molecule has 0 unspecified atom stereocenters. The minimum Gasteiger partial charge on any atom is -0.368 e. The van der Waals surface area contributed by atoms with Crippen LogP contribution in [0.4, 0.5) is 18.9 Å². The number of carbonyl (C=O) groups is 1. The second-order valence-electron chi connectivity index (χ2n) is 6.08. The Balaban J connectivity index is 1.62. The highest BCUT2D eigenvalue weighted by atomic mass is 19.4. The number of pyridine rings is 1. The third kappa shape index (κ3) is 4.07. The average molecular weight is 365 g/mol. The Bertz CT molecular complexity index is 840. The normalized spacial score (nSPS) is 15.2. The lowest BCUT2D eigenvalue weighted by atomic mass is 10.1. The first-order valence-electron chi connectivity index (χ1n) is 8.20. The topological polar surface area (TPSA) is 45.6 Å². The fraction of sp³-hybridized carbons (Fsp3) is 0.333. The highest BCUT2D eigenvalue weighted by Crippen LogP contribution is 2.31. The van der Waals surface area contributed by atoms with Gasteiger partial charge in [0.05, 0.1) is 5.56 Å². The zero-order valence-electron chi connectivity index (χ0n) is 13.9. The van der Waals surface area contributed by atoms with Crippen molar-refractivity contribution in [1.82, 2.24) is 9.47 Å². The van der Waals surface area contributed by atoms with Crippen LogP contribution in [0.3, 0.4) is 0 Å². The standard InChI is InChI=1S/C18H18F3N3O2/c19-18(20,21)14-4-3-5-15(12-14)22-8-10-23(11-9-22)17(26)13-24-7-2-1-6-16(24)25/h1-7,12H,8-11,13H2. The largest absolute Gasteiger partial charge is 0.416 e. The summed E-state index contributed by atoms with van der Waals surface area (Å²) in [6.45, 7) is 1.64. The van der Waals surface area contributed by atoms with E-state index in [9.17, 15) is 22.8 Å². The van der Waals surface area contributed by atoms with E-state index in [0.717, 1.165) is 12.1 Å². The fourth-order valence-electron chi connectivity index (χ4n) is 2.93. The number of alkyl halides is 3. The van der Waals surface area contributed by atoms with Crippen molar-refractivity contribution in [1.29, 1.82) is 0 Å². The van der Waals surface area contributed by atoms with E-state index in [-0.39, 0.29) is 18.0 Å². The van der Waals surface area contributed by atoms with E-state index in [0.29, 0.717) is 31.9 Å². The van der Waals surface area contributed by atoms with Crippen molar-refractivity contribution in [3.63, 3.8) is 0 Å². The molecule has 2 heterocycles. The number of anilines is 1. The van der Waals surface area contributed by atoms with Gasteiger partial charge in [-0.1, -0.05) is 12.1 Å². The summed E-state index contributed by atoms with van der Waals surface area (Å²) in [6, 6.07) is 9.87. The number of hydrogen-bond donors (Lipinski definition) is 0. The van der Waals surface area contributed by atoms with Crippen LogP contribution >= 0.6 is 0 Å². The third-order valence-corrected chi connectivity index (χ3v) is 4.38. The first-order chi connectivity index (χ1) is 12.3. The number of amides is 1. The molecular formula is C18H18F3N3O2. The van der Waals surface area contributed by atoms with E-state index in [1.54, 1.807) is 29.3 Å². The predicted molar refractivity (Wildman–Crippen MR) is 90.9 cm³/mol. The predicted octanol–water partition coefficient (Wildman–Crippen LogP) is 2.22. The molecule has 0 bridgehead atoms. The molecule has 0 radical (unpaired) electrons. The molecule has 3 rings (SSSR count). The third-order valence-electron chi connectivity index (χ3n) is 4.38. The van der Waals surface area contributed by atoms with E-state index in [1.807, 2.05) is 4.90 Å². The van der Waals surface area contributed by atoms with Crippen molar-refractivity contribution in [2.75, 3.05) is 31.1 Å². The van der Waals surface area contributed by atoms with Crippen LogP contribution in [0, 0.1) is 0 Å². The summed E-state index contributed by atoms with van der Waals surface area (Å²) in [4.78, 5) is 27.5. The van der Waals surface area contributed by atoms with Gasteiger partial charge in [-0.3, -0.25) is 9.59 Å². The molecule has 2 aromatic rings. The molecule has 1 amide bonds. The molecule has 1 aromatic heterocycles. The SMILES string of the molecule is O=C(Cn1ccccc1=O)N1CCN(c2cccc(C(F)(F)F)c2)CC1. The van der Waals surface area contributed by atoms with Crippen LogP contribution < -0.4 is 10.5 Å². The Morgan fingerprint density at radius 2 is 1.73 bits per heavy atom. The summed E-state index contributed by atoms with van der Waals surface area (Å²) in [5.41, 5.74) is -0.438. The van der Waals surface area contributed by atoms with E-state index < -0.39 is 11.7 Å². The van der Waals surface area contributed by atoms with Crippen molar-refractivity contribution in [3.8, 4) is 0 Å². The van der Waals surface area contributed by atoms with Gasteiger partial charge in [0.15, 0.2) is 0 Å². The van der Waals surface area contributed by atoms with Crippen molar-refractivity contribution < 1.29 is 18.0 Å². The van der Waals surface area contributed by atoms with Crippen LogP contribution in [0.15, 0.2) is 53.5 Å². The zero-order chi connectivity index (χ0) is 18.7. The summed E-state index contributed by atoms with van der Waals surface area (Å²) >= 11 is 0. The number of halogens is 3. The van der Waals surface area contributed by atoms with Gasteiger partial charge in [0.2, 0.25) is 5.91 Å². The number of benzene rings is 1. The van der Waals surface area contributed by atoms with Gasteiger partial charge in [-0.25, -0.2) is 0 Å². The Morgan fingerprint density at radius 3 is 2.38 bits per heavy atom. The molecular weight excluding hydrogens is 347 g/mol. The van der Waals surface area contributed by atoms with Gasteiger partial charge >= 0.3 is 6.18 Å². The molecule has 138 valence electrons. The smallest absolute Gasteiger partial charge is 0.368 e. The van der Waals surface area contributed by atoms with Gasteiger partial charge in [-0.2, -0.15) is 13.2 Å². The second-order valence-corrected chi connectivity index (χ2v) is 6.08. The number of aromatic nitrogens is 1. The highest BCUT2D eigenvalue weighted by Gasteiger charge is 2.31. The Labute approximate surface area is 148 Å². The van der Waals surface area contributed by atoms with Crippen molar-refractivity contribution in [2.45, 2.75) is 12.7 Å². The molecule has 8 heteroatoms. The summed E-state index contributed by atoms with van der Waals surface area (Å²) in [5.74, 6) is -0.179. The van der Waals surface area contributed by atoms with Gasteiger partial charge < -0.3 is 14.4 Å². The van der Waals surface area contributed by atoms with Crippen molar-refractivity contribution >= 4 is 11.6 Å². The maximum atomic E-state index is 12.8. The minimum absolute atomic E-state index is 0.0385. The van der Waals surface area contributed by atoms with Crippen molar-refractivity contribution in [3.05, 3.63) is 64.6 Å². The maximum Gasteiger partial charge on any atom is 0.416 e. The molecule has 0 N–H and O–H groups in total. The first kappa shape index (κ1) is 18.0. The van der Waals surface area contributed by atoms with E-state index >= 15 is 0 Å². The lowest BCUT2D eigenvalue weighted by Gasteiger charge is -2.36. The average Bonchev–Trinajstić information content (AvgIpc) is 2.63.